The molecule has 29 heavy (non-hydrogen) atoms. The van der Waals surface area contributed by atoms with Crippen molar-refractivity contribution in [3.8, 4) is 0 Å². The maximum atomic E-state index is 13.5. The average Bonchev–Trinajstić information content (AvgIpc) is 3.46. The van der Waals surface area contributed by atoms with Crippen LogP contribution in [0.5, 0.6) is 0 Å². The lowest BCUT2D eigenvalue weighted by Gasteiger charge is -2.47. The van der Waals surface area contributed by atoms with Gasteiger partial charge in [-0.2, -0.15) is 0 Å². The summed E-state index contributed by atoms with van der Waals surface area (Å²) >= 11 is 0. The van der Waals surface area contributed by atoms with Gasteiger partial charge >= 0.3 is 0 Å². The van der Waals surface area contributed by atoms with Crippen molar-refractivity contribution in [1.29, 1.82) is 0 Å². The Morgan fingerprint density at radius 1 is 1.24 bits per heavy atom. The third-order valence-electron chi connectivity index (χ3n) is 5.95. The number of benzene rings is 1. The maximum absolute atomic E-state index is 13.5. The summed E-state index contributed by atoms with van der Waals surface area (Å²) < 4.78 is 6.88. The van der Waals surface area contributed by atoms with Crippen LogP contribution >= 0.6 is 0 Å². The van der Waals surface area contributed by atoms with E-state index in [0.717, 1.165) is 11.1 Å². The van der Waals surface area contributed by atoms with Crippen LogP contribution < -0.4 is 0 Å². The summed E-state index contributed by atoms with van der Waals surface area (Å²) in [6.07, 6.45) is 3.22. The highest BCUT2D eigenvalue weighted by Gasteiger charge is 2.56. The predicted molar refractivity (Wildman–Crippen MR) is 102 cm³/mol. The number of amides is 2. The zero-order chi connectivity index (χ0) is 20.2. The molecule has 1 saturated heterocycles. The van der Waals surface area contributed by atoms with Crippen LogP contribution in [0.1, 0.15) is 37.7 Å². The van der Waals surface area contributed by atoms with Gasteiger partial charge in [-0.3, -0.25) is 9.59 Å². The summed E-state index contributed by atoms with van der Waals surface area (Å²) in [6.45, 7) is 2.92. The second kappa shape index (κ2) is 6.31. The molecule has 2 aliphatic rings. The minimum absolute atomic E-state index is 0.0692. The minimum atomic E-state index is -0.960. The van der Waals surface area contributed by atoms with Crippen molar-refractivity contribution in [2.24, 2.45) is 0 Å². The minimum Gasteiger partial charge on any atom is -0.392 e. The Bertz CT molecular complexity index is 1100. The SMILES string of the molecule is Cc1nocc1C(=O)N1CCN2C(=O)c3cccn3CC12c1ccc(CO)cc1. The van der Waals surface area contributed by atoms with Crippen LogP contribution in [0.25, 0.3) is 0 Å². The summed E-state index contributed by atoms with van der Waals surface area (Å²) in [5.41, 5.74) is 2.15. The number of carbonyl (C=O) groups is 2. The van der Waals surface area contributed by atoms with Crippen LogP contribution in [0.3, 0.4) is 0 Å². The number of aliphatic hydroxyl groups is 1. The van der Waals surface area contributed by atoms with Gasteiger partial charge in [0.2, 0.25) is 0 Å². The summed E-state index contributed by atoms with van der Waals surface area (Å²) in [5, 5.41) is 13.3. The second-order valence-electron chi connectivity index (χ2n) is 7.42. The molecule has 0 aliphatic carbocycles. The Morgan fingerprint density at radius 2 is 2.03 bits per heavy atom. The van der Waals surface area contributed by atoms with Crippen LogP contribution in [-0.4, -0.2) is 49.5 Å². The van der Waals surface area contributed by atoms with E-state index in [4.69, 9.17) is 4.52 Å². The van der Waals surface area contributed by atoms with Gasteiger partial charge in [-0.05, 0) is 30.2 Å². The summed E-state index contributed by atoms with van der Waals surface area (Å²) in [4.78, 5) is 30.3. The Hall–Kier alpha value is -3.39. The van der Waals surface area contributed by atoms with Crippen molar-refractivity contribution >= 4 is 11.8 Å². The van der Waals surface area contributed by atoms with E-state index in [2.05, 4.69) is 5.16 Å². The maximum Gasteiger partial charge on any atom is 0.272 e. The van der Waals surface area contributed by atoms with Crippen molar-refractivity contribution in [3.63, 3.8) is 0 Å². The average molecular weight is 392 g/mol. The van der Waals surface area contributed by atoms with Gasteiger partial charge in [0.05, 0.1) is 18.8 Å². The first-order valence-electron chi connectivity index (χ1n) is 9.46. The fourth-order valence-corrected chi connectivity index (χ4v) is 4.47. The molecule has 0 saturated carbocycles. The Balaban J connectivity index is 1.69. The monoisotopic (exact) mass is 392 g/mol. The fourth-order valence-electron chi connectivity index (χ4n) is 4.47. The van der Waals surface area contributed by atoms with Crippen molar-refractivity contribution in [1.82, 2.24) is 19.5 Å². The number of hydrogen-bond donors (Lipinski definition) is 1. The Labute approximate surface area is 166 Å². The van der Waals surface area contributed by atoms with Crippen LogP contribution in [-0.2, 0) is 18.8 Å². The summed E-state index contributed by atoms with van der Waals surface area (Å²) in [7, 11) is 0. The van der Waals surface area contributed by atoms with E-state index in [1.807, 2.05) is 41.1 Å². The van der Waals surface area contributed by atoms with Gasteiger partial charge in [-0.1, -0.05) is 29.4 Å². The first-order chi connectivity index (χ1) is 14.1. The van der Waals surface area contributed by atoms with Gasteiger partial charge in [-0.15, -0.1) is 0 Å². The molecule has 5 rings (SSSR count). The van der Waals surface area contributed by atoms with Gasteiger partial charge in [0.1, 0.15) is 17.5 Å². The van der Waals surface area contributed by atoms with Gasteiger partial charge < -0.3 is 24.0 Å². The van der Waals surface area contributed by atoms with E-state index in [1.54, 1.807) is 22.8 Å². The van der Waals surface area contributed by atoms with Gasteiger partial charge in [-0.25, -0.2) is 0 Å². The standard InChI is InChI=1S/C21H20N4O4/c1-14-17(12-29-22-14)19(27)24-9-10-25-20(28)18-3-2-8-23(18)13-21(24,25)16-6-4-15(11-26)5-7-16/h2-8,12,26H,9-11,13H2,1H3. The van der Waals surface area contributed by atoms with E-state index < -0.39 is 5.66 Å². The smallest absolute Gasteiger partial charge is 0.272 e. The first kappa shape index (κ1) is 17.7. The molecule has 0 bridgehead atoms. The number of fused-ring (bicyclic) bond motifs is 2. The molecule has 3 aromatic rings. The van der Waals surface area contributed by atoms with Crippen LogP contribution in [0.4, 0.5) is 0 Å². The molecule has 1 fully saturated rings. The molecule has 2 aliphatic heterocycles. The molecule has 1 atom stereocenters. The highest BCUT2D eigenvalue weighted by Crippen LogP contribution is 2.43. The normalized spacial score (nSPS) is 20.7. The van der Waals surface area contributed by atoms with Crippen molar-refractivity contribution < 1.29 is 19.2 Å². The van der Waals surface area contributed by atoms with Gasteiger partial charge in [0.15, 0.2) is 5.66 Å². The van der Waals surface area contributed by atoms with Crippen molar-refractivity contribution in [2.75, 3.05) is 13.1 Å². The van der Waals surface area contributed by atoms with E-state index in [0.29, 0.717) is 36.6 Å². The zero-order valence-corrected chi connectivity index (χ0v) is 15.9. The second-order valence-corrected chi connectivity index (χ2v) is 7.42. The number of hydrogen-bond acceptors (Lipinski definition) is 5. The third kappa shape index (κ3) is 2.39. The number of aromatic nitrogens is 2. The molecule has 1 aromatic carbocycles. The molecule has 0 radical (unpaired) electrons. The molecule has 8 heteroatoms. The molecular formula is C21H20N4O4. The molecule has 148 valence electrons. The largest absolute Gasteiger partial charge is 0.392 e. The molecule has 1 unspecified atom stereocenters. The number of carbonyl (C=O) groups excluding carboxylic acids is 2. The van der Waals surface area contributed by atoms with Crippen LogP contribution in [0.15, 0.2) is 53.4 Å². The third-order valence-corrected chi connectivity index (χ3v) is 5.95. The highest BCUT2D eigenvalue weighted by molar-refractivity contribution is 5.98. The topological polar surface area (TPSA) is 91.8 Å². The molecule has 0 spiro atoms. The van der Waals surface area contributed by atoms with Gasteiger partial charge in [0, 0.05) is 19.3 Å². The van der Waals surface area contributed by atoms with E-state index in [1.165, 1.54) is 6.26 Å². The number of aryl methyl sites for hydroxylation is 1. The first-order valence-corrected chi connectivity index (χ1v) is 9.46. The Morgan fingerprint density at radius 3 is 2.72 bits per heavy atom. The molecule has 1 N–H and O–H groups in total. The van der Waals surface area contributed by atoms with Crippen molar-refractivity contribution in [2.45, 2.75) is 25.7 Å². The van der Waals surface area contributed by atoms with Crippen LogP contribution in [0, 0.1) is 6.92 Å². The molecule has 8 nitrogen and oxygen atoms in total. The lowest BCUT2D eigenvalue weighted by molar-refractivity contribution is -0.00599. The number of rotatable bonds is 3. The van der Waals surface area contributed by atoms with Gasteiger partial charge in [0.25, 0.3) is 11.8 Å². The van der Waals surface area contributed by atoms with Crippen molar-refractivity contribution in [3.05, 3.63) is 76.9 Å². The van der Waals surface area contributed by atoms with E-state index in [9.17, 15) is 14.7 Å². The quantitative estimate of drug-likeness (QED) is 0.733. The number of aliphatic hydroxyl groups excluding tert-OH is 1. The molecule has 4 heterocycles. The molecule has 2 amide bonds. The fraction of sp³-hybridized carbons (Fsp3) is 0.286. The van der Waals surface area contributed by atoms with E-state index in [-0.39, 0.29) is 18.4 Å². The molecular weight excluding hydrogens is 372 g/mol. The summed E-state index contributed by atoms with van der Waals surface area (Å²) in [6, 6.07) is 11.1. The summed E-state index contributed by atoms with van der Waals surface area (Å²) in [5.74, 6) is -0.328. The predicted octanol–water partition coefficient (Wildman–Crippen LogP) is 1.74. The molecule has 2 aromatic heterocycles. The lowest BCUT2D eigenvalue weighted by atomic mass is 9.93. The Kier molecular flexibility index (Phi) is 3.85. The lowest BCUT2D eigenvalue weighted by Crippen LogP contribution is -2.60. The zero-order valence-electron chi connectivity index (χ0n) is 15.9. The van der Waals surface area contributed by atoms with Crippen LogP contribution in [0.2, 0.25) is 0 Å². The highest BCUT2D eigenvalue weighted by atomic mass is 16.5. The number of nitrogens with zero attached hydrogens (tertiary/aromatic N) is 4. The van der Waals surface area contributed by atoms with E-state index >= 15 is 0 Å².